The Balaban J connectivity index is 1.65. The van der Waals surface area contributed by atoms with Crippen molar-refractivity contribution < 1.29 is 14.5 Å². The van der Waals surface area contributed by atoms with Gasteiger partial charge in [-0.3, -0.25) is 10.1 Å². The molecule has 2 heterocycles. The summed E-state index contributed by atoms with van der Waals surface area (Å²) in [5, 5.41) is 17.8. The van der Waals surface area contributed by atoms with Crippen molar-refractivity contribution in [3.05, 3.63) is 92.6 Å². The van der Waals surface area contributed by atoms with Gasteiger partial charge in [0.05, 0.1) is 29.3 Å². The topological polar surface area (TPSA) is 107 Å². The third kappa shape index (κ3) is 4.82. The summed E-state index contributed by atoms with van der Waals surface area (Å²) in [5.41, 5.74) is 4.54. The molecule has 0 saturated heterocycles. The highest BCUT2D eigenvalue weighted by molar-refractivity contribution is 7.14. The molecule has 0 amide bonds. The van der Waals surface area contributed by atoms with E-state index in [1.807, 2.05) is 35.7 Å². The van der Waals surface area contributed by atoms with Gasteiger partial charge < -0.3 is 10.1 Å². The molecule has 0 radical (unpaired) electrons. The van der Waals surface area contributed by atoms with E-state index < -0.39 is 10.9 Å². The second kappa shape index (κ2) is 9.67. The SMILES string of the molecule is COC(=O)c1ncsc1NC(Cc1ccc([N+](=O)[O-])cc1)c1csc(-c2ccccc2)n1. The van der Waals surface area contributed by atoms with Crippen molar-refractivity contribution in [2.75, 3.05) is 12.4 Å². The van der Waals surface area contributed by atoms with Crippen LogP contribution in [0.4, 0.5) is 10.7 Å². The summed E-state index contributed by atoms with van der Waals surface area (Å²) in [6.07, 6.45) is 0.508. The molecule has 1 unspecified atom stereocenters. The fourth-order valence-electron chi connectivity index (χ4n) is 3.13. The van der Waals surface area contributed by atoms with E-state index in [-0.39, 0.29) is 17.4 Å². The number of carbonyl (C=O) groups excluding carboxylic acids is 1. The maximum Gasteiger partial charge on any atom is 0.359 e. The van der Waals surface area contributed by atoms with Crippen LogP contribution in [0.15, 0.2) is 65.5 Å². The molecule has 0 aliphatic rings. The number of anilines is 1. The zero-order chi connectivity index (χ0) is 22.5. The lowest BCUT2D eigenvalue weighted by Crippen LogP contribution is -2.16. The van der Waals surface area contributed by atoms with E-state index in [9.17, 15) is 14.9 Å². The van der Waals surface area contributed by atoms with Gasteiger partial charge in [-0.1, -0.05) is 42.5 Å². The van der Waals surface area contributed by atoms with Crippen LogP contribution < -0.4 is 5.32 Å². The highest BCUT2D eigenvalue weighted by Crippen LogP contribution is 2.32. The largest absolute Gasteiger partial charge is 0.464 e. The number of benzene rings is 2. The Morgan fingerprint density at radius 1 is 1.16 bits per heavy atom. The zero-order valence-electron chi connectivity index (χ0n) is 16.9. The van der Waals surface area contributed by atoms with E-state index in [1.165, 1.54) is 41.9 Å². The molecule has 0 spiro atoms. The first-order valence-corrected chi connectivity index (χ1v) is 11.3. The monoisotopic (exact) mass is 466 g/mol. The van der Waals surface area contributed by atoms with Crippen LogP contribution in [0.3, 0.4) is 0 Å². The fourth-order valence-corrected chi connectivity index (χ4v) is 4.73. The zero-order valence-corrected chi connectivity index (χ0v) is 18.6. The molecule has 32 heavy (non-hydrogen) atoms. The number of hydrogen-bond donors (Lipinski definition) is 1. The smallest absolute Gasteiger partial charge is 0.359 e. The van der Waals surface area contributed by atoms with Crippen molar-refractivity contribution >= 4 is 39.3 Å². The third-order valence-corrected chi connectivity index (χ3v) is 6.41. The van der Waals surface area contributed by atoms with Crippen LogP contribution in [0, 0.1) is 10.1 Å². The average Bonchev–Trinajstić information content (AvgIpc) is 3.49. The number of esters is 1. The first-order valence-electron chi connectivity index (χ1n) is 9.57. The summed E-state index contributed by atoms with van der Waals surface area (Å²) in [6, 6.07) is 16.0. The van der Waals surface area contributed by atoms with E-state index in [0.29, 0.717) is 11.4 Å². The van der Waals surface area contributed by atoms with Crippen LogP contribution in [0.2, 0.25) is 0 Å². The highest BCUT2D eigenvalue weighted by atomic mass is 32.1. The van der Waals surface area contributed by atoms with Crippen LogP contribution in [-0.2, 0) is 11.2 Å². The maximum absolute atomic E-state index is 12.1. The van der Waals surface area contributed by atoms with Crippen LogP contribution in [0.25, 0.3) is 10.6 Å². The van der Waals surface area contributed by atoms with Crippen LogP contribution in [0.5, 0.6) is 0 Å². The number of methoxy groups -OCH3 is 1. The molecule has 10 heteroatoms. The van der Waals surface area contributed by atoms with E-state index in [2.05, 4.69) is 10.3 Å². The molecular weight excluding hydrogens is 448 g/mol. The van der Waals surface area contributed by atoms with Gasteiger partial charge in [-0.15, -0.1) is 22.7 Å². The molecule has 162 valence electrons. The fraction of sp³-hybridized carbons (Fsp3) is 0.136. The minimum absolute atomic E-state index is 0.0358. The number of aromatic nitrogens is 2. The molecule has 4 rings (SSSR count). The van der Waals surface area contributed by atoms with E-state index in [4.69, 9.17) is 9.72 Å². The number of nitrogens with zero attached hydrogens (tertiary/aromatic N) is 3. The van der Waals surface area contributed by atoms with E-state index in [1.54, 1.807) is 17.6 Å². The molecule has 1 atom stereocenters. The summed E-state index contributed by atoms with van der Waals surface area (Å²) in [7, 11) is 1.31. The van der Waals surface area contributed by atoms with Gasteiger partial charge in [0, 0.05) is 23.1 Å². The lowest BCUT2D eigenvalue weighted by Gasteiger charge is -2.18. The summed E-state index contributed by atoms with van der Waals surface area (Å²) >= 11 is 2.83. The Morgan fingerprint density at radius 3 is 2.59 bits per heavy atom. The summed E-state index contributed by atoms with van der Waals surface area (Å²) in [5.74, 6) is -0.522. The van der Waals surface area contributed by atoms with Gasteiger partial charge >= 0.3 is 5.97 Å². The van der Waals surface area contributed by atoms with Gasteiger partial charge in [-0.05, 0) is 12.0 Å². The van der Waals surface area contributed by atoms with Gasteiger partial charge in [0.1, 0.15) is 10.0 Å². The minimum atomic E-state index is -0.522. The minimum Gasteiger partial charge on any atom is -0.464 e. The molecular formula is C22H18N4O4S2. The Kier molecular flexibility index (Phi) is 6.52. The summed E-state index contributed by atoms with van der Waals surface area (Å²) in [4.78, 5) is 31.5. The molecule has 0 aliphatic heterocycles. The van der Waals surface area contributed by atoms with Gasteiger partial charge in [-0.25, -0.2) is 14.8 Å². The number of nitrogens with one attached hydrogen (secondary N) is 1. The van der Waals surface area contributed by atoms with E-state index >= 15 is 0 Å². The van der Waals surface area contributed by atoms with Crippen molar-refractivity contribution in [2.45, 2.75) is 12.5 Å². The first-order chi connectivity index (χ1) is 15.5. The maximum atomic E-state index is 12.1. The lowest BCUT2D eigenvalue weighted by molar-refractivity contribution is -0.384. The third-order valence-electron chi connectivity index (χ3n) is 4.74. The Hall–Kier alpha value is -3.63. The second-order valence-corrected chi connectivity index (χ2v) is 8.50. The number of thiazole rings is 2. The molecule has 0 aliphatic carbocycles. The molecule has 8 nitrogen and oxygen atoms in total. The number of nitro benzene ring substituents is 1. The van der Waals surface area contributed by atoms with Crippen molar-refractivity contribution in [3.8, 4) is 10.6 Å². The van der Waals surface area contributed by atoms with Crippen molar-refractivity contribution in [1.82, 2.24) is 9.97 Å². The number of rotatable bonds is 8. The Bertz CT molecular complexity index is 1220. The molecule has 1 N–H and O–H groups in total. The second-order valence-electron chi connectivity index (χ2n) is 6.79. The van der Waals surface area contributed by atoms with Gasteiger partial charge in [0.2, 0.25) is 0 Å². The number of nitro groups is 1. The molecule has 0 fully saturated rings. The first kappa shape index (κ1) is 21.6. The van der Waals surface area contributed by atoms with Gasteiger partial charge in [0.15, 0.2) is 5.69 Å². The number of ether oxygens (including phenoxy) is 1. The molecule has 0 saturated carbocycles. The van der Waals surface area contributed by atoms with Crippen LogP contribution in [-0.4, -0.2) is 28.0 Å². The van der Waals surface area contributed by atoms with Gasteiger partial charge in [0.25, 0.3) is 5.69 Å². The molecule has 2 aromatic carbocycles. The quantitative estimate of drug-likeness (QED) is 0.212. The van der Waals surface area contributed by atoms with Crippen molar-refractivity contribution in [1.29, 1.82) is 0 Å². The van der Waals surface area contributed by atoms with E-state index in [0.717, 1.165) is 21.8 Å². The normalized spacial score (nSPS) is 11.7. The van der Waals surface area contributed by atoms with Crippen molar-refractivity contribution in [2.24, 2.45) is 0 Å². The molecule has 0 bridgehead atoms. The lowest BCUT2D eigenvalue weighted by atomic mass is 10.0. The van der Waals surface area contributed by atoms with Gasteiger partial charge in [-0.2, -0.15) is 0 Å². The number of hydrogen-bond acceptors (Lipinski definition) is 9. The highest BCUT2D eigenvalue weighted by Gasteiger charge is 2.22. The average molecular weight is 467 g/mol. The number of non-ortho nitro benzene ring substituents is 1. The summed E-state index contributed by atoms with van der Waals surface area (Å²) in [6.45, 7) is 0. The standard InChI is InChI=1S/C22H18N4O4S2/c1-30-22(27)19-21(32-13-23-19)24-17(11-14-7-9-16(10-8-14)26(28)29)18-12-31-20(25-18)15-5-3-2-4-6-15/h2-10,12-13,17,24H,11H2,1H3. The Morgan fingerprint density at radius 2 is 1.91 bits per heavy atom. The Labute approximate surface area is 191 Å². The van der Waals surface area contributed by atoms with Crippen LogP contribution in [0.1, 0.15) is 27.8 Å². The van der Waals surface area contributed by atoms with Crippen LogP contribution >= 0.6 is 22.7 Å². The van der Waals surface area contributed by atoms with Crippen molar-refractivity contribution in [3.63, 3.8) is 0 Å². The molecule has 4 aromatic rings. The number of carbonyl (C=O) groups is 1. The summed E-state index contributed by atoms with van der Waals surface area (Å²) < 4.78 is 4.83. The molecule has 2 aromatic heterocycles. The predicted octanol–water partition coefficient (Wildman–Crippen LogP) is 5.36. The predicted molar refractivity (Wildman–Crippen MR) is 124 cm³/mol.